The minimum atomic E-state index is -0.222. The van der Waals surface area contributed by atoms with Gasteiger partial charge in [-0.3, -0.25) is 4.98 Å². The minimum absolute atomic E-state index is 0.222. The maximum absolute atomic E-state index is 14.3. The molecule has 1 fully saturated rings. The molecule has 1 saturated carbocycles. The Morgan fingerprint density at radius 1 is 1.29 bits per heavy atom. The number of hydrogen-bond acceptors (Lipinski definition) is 3. The summed E-state index contributed by atoms with van der Waals surface area (Å²) in [6, 6.07) is 7.81. The Morgan fingerprint density at radius 3 is 2.86 bits per heavy atom. The Balaban J connectivity index is 1.79. The van der Waals surface area contributed by atoms with Gasteiger partial charge in [-0.15, -0.1) is 0 Å². The highest BCUT2D eigenvalue weighted by molar-refractivity contribution is 5.65. The standard InChI is InChI=1S/C17H19FN2O/c1-2-21-15-8-13(10-19-11-15)16-6-3-12(7-17(16)18)9-20-14-4-5-14/h3,6-8,10-11,14,20H,2,4-5,9H2,1H3. The van der Waals surface area contributed by atoms with Crippen molar-refractivity contribution in [3.8, 4) is 16.9 Å². The second-order valence-corrected chi connectivity index (χ2v) is 5.31. The second kappa shape index (κ2) is 6.22. The summed E-state index contributed by atoms with van der Waals surface area (Å²) in [5.41, 5.74) is 2.26. The van der Waals surface area contributed by atoms with Crippen molar-refractivity contribution >= 4 is 0 Å². The summed E-state index contributed by atoms with van der Waals surface area (Å²) >= 11 is 0. The molecule has 0 bridgehead atoms. The van der Waals surface area contributed by atoms with Crippen LogP contribution in [-0.4, -0.2) is 17.6 Å². The molecule has 1 heterocycles. The molecule has 0 saturated heterocycles. The summed E-state index contributed by atoms with van der Waals surface area (Å²) in [6.45, 7) is 3.20. The first kappa shape index (κ1) is 14.0. The van der Waals surface area contributed by atoms with Gasteiger partial charge in [0.2, 0.25) is 0 Å². The Morgan fingerprint density at radius 2 is 2.14 bits per heavy atom. The number of aromatic nitrogens is 1. The van der Waals surface area contributed by atoms with Gasteiger partial charge in [-0.05, 0) is 37.5 Å². The molecule has 21 heavy (non-hydrogen) atoms. The Labute approximate surface area is 124 Å². The van der Waals surface area contributed by atoms with Crippen LogP contribution in [0.5, 0.6) is 5.75 Å². The smallest absolute Gasteiger partial charge is 0.138 e. The second-order valence-electron chi connectivity index (χ2n) is 5.31. The van der Waals surface area contributed by atoms with E-state index in [0.717, 1.165) is 17.7 Å². The number of nitrogens with zero attached hydrogens (tertiary/aromatic N) is 1. The summed E-state index contributed by atoms with van der Waals surface area (Å²) < 4.78 is 19.7. The number of hydrogen-bond donors (Lipinski definition) is 1. The summed E-state index contributed by atoms with van der Waals surface area (Å²) in [7, 11) is 0. The van der Waals surface area contributed by atoms with Gasteiger partial charge >= 0.3 is 0 Å². The van der Waals surface area contributed by atoms with Crippen LogP contribution in [0.1, 0.15) is 25.3 Å². The van der Waals surface area contributed by atoms with Gasteiger partial charge in [-0.2, -0.15) is 0 Å². The van der Waals surface area contributed by atoms with Gasteiger partial charge in [0, 0.05) is 29.9 Å². The average Bonchev–Trinajstić information content (AvgIpc) is 3.30. The number of halogens is 1. The van der Waals surface area contributed by atoms with E-state index in [1.54, 1.807) is 18.5 Å². The maximum Gasteiger partial charge on any atom is 0.138 e. The topological polar surface area (TPSA) is 34.1 Å². The van der Waals surface area contributed by atoms with Gasteiger partial charge in [0.25, 0.3) is 0 Å². The van der Waals surface area contributed by atoms with E-state index in [4.69, 9.17) is 4.74 Å². The molecule has 1 aliphatic rings. The van der Waals surface area contributed by atoms with Crippen LogP contribution in [0, 0.1) is 5.82 Å². The molecular formula is C17H19FN2O. The largest absolute Gasteiger partial charge is 0.492 e. The predicted octanol–water partition coefficient (Wildman–Crippen LogP) is 3.54. The molecule has 110 valence electrons. The fourth-order valence-corrected chi connectivity index (χ4v) is 2.26. The first-order chi connectivity index (χ1) is 10.3. The van der Waals surface area contributed by atoms with Crippen molar-refractivity contribution in [3.63, 3.8) is 0 Å². The van der Waals surface area contributed by atoms with Crippen molar-refractivity contribution in [1.82, 2.24) is 10.3 Å². The monoisotopic (exact) mass is 286 g/mol. The van der Waals surface area contributed by atoms with Gasteiger partial charge in [0.15, 0.2) is 0 Å². The first-order valence-electron chi connectivity index (χ1n) is 7.36. The Bertz CT molecular complexity index is 626. The van der Waals surface area contributed by atoms with E-state index in [1.165, 1.54) is 12.8 Å². The molecule has 3 rings (SSSR count). The van der Waals surface area contributed by atoms with Crippen LogP contribution in [0.3, 0.4) is 0 Å². The fraction of sp³-hybridized carbons (Fsp3) is 0.353. The van der Waals surface area contributed by atoms with Crippen molar-refractivity contribution in [3.05, 3.63) is 48.0 Å². The lowest BCUT2D eigenvalue weighted by atomic mass is 10.0. The van der Waals surface area contributed by atoms with Crippen molar-refractivity contribution in [1.29, 1.82) is 0 Å². The SMILES string of the molecule is CCOc1cncc(-c2ccc(CNC3CC3)cc2F)c1. The quantitative estimate of drug-likeness (QED) is 0.882. The van der Waals surface area contributed by atoms with Crippen LogP contribution >= 0.6 is 0 Å². The van der Waals surface area contributed by atoms with E-state index in [-0.39, 0.29) is 5.82 Å². The highest BCUT2D eigenvalue weighted by Gasteiger charge is 2.20. The molecular weight excluding hydrogens is 267 g/mol. The Hall–Kier alpha value is -1.94. The van der Waals surface area contributed by atoms with Crippen LogP contribution in [-0.2, 0) is 6.54 Å². The van der Waals surface area contributed by atoms with Crippen molar-refractivity contribution < 1.29 is 9.13 Å². The molecule has 1 N–H and O–H groups in total. The van der Waals surface area contributed by atoms with E-state index in [9.17, 15) is 4.39 Å². The van der Waals surface area contributed by atoms with E-state index in [2.05, 4.69) is 10.3 Å². The molecule has 0 radical (unpaired) electrons. The highest BCUT2D eigenvalue weighted by atomic mass is 19.1. The molecule has 3 nitrogen and oxygen atoms in total. The maximum atomic E-state index is 14.3. The zero-order valence-electron chi connectivity index (χ0n) is 12.1. The van der Waals surface area contributed by atoms with Gasteiger partial charge in [-0.25, -0.2) is 4.39 Å². The number of benzene rings is 1. The molecule has 0 amide bonds. The summed E-state index contributed by atoms with van der Waals surface area (Å²) in [5.74, 6) is 0.439. The van der Waals surface area contributed by atoms with Gasteiger partial charge in [0.1, 0.15) is 11.6 Å². The summed E-state index contributed by atoms with van der Waals surface area (Å²) in [6.07, 6.45) is 5.76. The summed E-state index contributed by atoms with van der Waals surface area (Å²) in [4.78, 5) is 4.11. The zero-order valence-corrected chi connectivity index (χ0v) is 12.1. The molecule has 1 aliphatic carbocycles. The number of ether oxygens (including phenoxy) is 1. The zero-order chi connectivity index (χ0) is 14.7. The third-order valence-corrected chi connectivity index (χ3v) is 3.54. The fourth-order valence-electron chi connectivity index (χ4n) is 2.26. The third-order valence-electron chi connectivity index (χ3n) is 3.54. The van der Waals surface area contributed by atoms with Crippen molar-refractivity contribution in [2.75, 3.05) is 6.61 Å². The van der Waals surface area contributed by atoms with Gasteiger partial charge in [0.05, 0.1) is 12.8 Å². The van der Waals surface area contributed by atoms with Crippen molar-refractivity contribution in [2.45, 2.75) is 32.4 Å². The minimum Gasteiger partial charge on any atom is -0.492 e. The number of nitrogens with one attached hydrogen (secondary N) is 1. The van der Waals surface area contributed by atoms with E-state index >= 15 is 0 Å². The molecule has 0 spiro atoms. The molecule has 0 unspecified atom stereocenters. The Kier molecular flexibility index (Phi) is 4.15. The van der Waals surface area contributed by atoms with Gasteiger partial charge in [-0.1, -0.05) is 12.1 Å². The van der Waals surface area contributed by atoms with Crippen LogP contribution in [0.25, 0.3) is 11.1 Å². The lowest BCUT2D eigenvalue weighted by molar-refractivity contribution is 0.339. The van der Waals surface area contributed by atoms with E-state index in [0.29, 0.717) is 24.0 Å². The number of rotatable bonds is 6. The van der Waals surface area contributed by atoms with Crippen LogP contribution in [0.4, 0.5) is 4.39 Å². The molecule has 1 aromatic carbocycles. The van der Waals surface area contributed by atoms with Gasteiger partial charge < -0.3 is 10.1 Å². The lowest BCUT2D eigenvalue weighted by Gasteiger charge is -2.09. The van der Waals surface area contributed by atoms with Crippen LogP contribution < -0.4 is 10.1 Å². The van der Waals surface area contributed by atoms with Crippen LogP contribution in [0.15, 0.2) is 36.7 Å². The molecule has 0 aliphatic heterocycles. The summed E-state index contributed by atoms with van der Waals surface area (Å²) in [5, 5.41) is 3.39. The molecule has 0 atom stereocenters. The third kappa shape index (κ3) is 3.58. The highest BCUT2D eigenvalue weighted by Crippen LogP contribution is 2.26. The average molecular weight is 286 g/mol. The van der Waals surface area contributed by atoms with E-state index < -0.39 is 0 Å². The van der Waals surface area contributed by atoms with E-state index in [1.807, 2.05) is 25.1 Å². The molecule has 2 aromatic rings. The first-order valence-corrected chi connectivity index (χ1v) is 7.36. The predicted molar refractivity (Wildman–Crippen MR) is 80.7 cm³/mol. The lowest BCUT2D eigenvalue weighted by Crippen LogP contribution is -2.15. The molecule has 4 heteroatoms. The van der Waals surface area contributed by atoms with Crippen LogP contribution in [0.2, 0.25) is 0 Å². The molecule has 1 aromatic heterocycles. The normalized spacial score (nSPS) is 14.2. The number of pyridine rings is 1. The van der Waals surface area contributed by atoms with Crippen molar-refractivity contribution in [2.24, 2.45) is 0 Å².